The van der Waals surface area contributed by atoms with Crippen molar-refractivity contribution in [2.24, 2.45) is 4.99 Å². The first-order chi connectivity index (χ1) is 22.6. The second-order valence-corrected chi connectivity index (χ2v) is 12.4. The standard InChI is InChI=1S/C39H29FN2O3S/c1-44-33-17-9-7-15-29(33)37-30-20-18-25-11-3-6-14-28(25)36(30)41-39-42(37)38(43)35(46-39)22-31-27-13-5-2-10-24(27)19-21-34(31)45-23-26-12-4-8-16-32(26)40/h2-17,19,21-22,37H,18,20,23H2,1H3/b35-22+/t37-/m0/s1. The average Bonchev–Trinajstić information content (AvgIpc) is 3.41. The summed E-state index contributed by atoms with van der Waals surface area (Å²) < 4.78 is 28.9. The lowest BCUT2D eigenvalue weighted by atomic mass is 9.83. The Morgan fingerprint density at radius 2 is 1.67 bits per heavy atom. The molecule has 0 unspecified atom stereocenters. The van der Waals surface area contributed by atoms with Gasteiger partial charge in [-0.05, 0) is 59.0 Å². The number of nitrogens with zero attached hydrogens (tertiary/aromatic N) is 2. The minimum atomic E-state index is -0.359. The molecule has 0 radical (unpaired) electrons. The number of ether oxygens (including phenoxy) is 2. The largest absolute Gasteiger partial charge is 0.496 e. The summed E-state index contributed by atoms with van der Waals surface area (Å²) in [7, 11) is 1.66. The Morgan fingerprint density at radius 3 is 2.57 bits per heavy atom. The van der Waals surface area contributed by atoms with Crippen LogP contribution in [0.1, 0.15) is 40.3 Å². The number of rotatable bonds is 6. The summed E-state index contributed by atoms with van der Waals surface area (Å²) in [6.07, 6.45) is 3.57. The van der Waals surface area contributed by atoms with E-state index in [1.54, 1.807) is 25.3 Å². The maximum absolute atomic E-state index is 14.5. The minimum Gasteiger partial charge on any atom is -0.496 e. The van der Waals surface area contributed by atoms with Gasteiger partial charge in [-0.15, -0.1) is 0 Å². The number of aromatic nitrogens is 1. The molecule has 8 rings (SSSR count). The Morgan fingerprint density at radius 1 is 0.891 bits per heavy atom. The molecular weight excluding hydrogens is 596 g/mol. The van der Waals surface area contributed by atoms with E-state index < -0.39 is 0 Å². The molecule has 226 valence electrons. The molecule has 0 amide bonds. The third kappa shape index (κ3) is 4.75. The Balaban J connectivity index is 1.34. The molecule has 7 heteroatoms. The minimum absolute atomic E-state index is 0.0625. The zero-order valence-corrected chi connectivity index (χ0v) is 25.9. The maximum atomic E-state index is 14.5. The number of thiazole rings is 1. The van der Waals surface area contributed by atoms with Gasteiger partial charge in [-0.1, -0.05) is 102 Å². The summed E-state index contributed by atoms with van der Waals surface area (Å²) in [6.45, 7) is 0.0625. The molecule has 1 aromatic heterocycles. The highest BCUT2D eigenvalue weighted by Gasteiger charge is 2.34. The van der Waals surface area contributed by atoms with Gasteiger partial charge in [0.05, 0.1) is 23.4 Å². The lowest BCUT2D eigenvalue weighted by Crippen LogP contribution is -2.39. The van der Waals surface area contributed by atoms with Crippen LogP contribution in [0.5, 0.6) is 11.5 Å². The molecule has 0 spiro atoms. The number of para-hydroxylation sites is 1. The lowest BCUT2D eigenvalue weighted by Gasteiger charge is -2.31. The molecule has 0 fully saturated rings. The van der Waals surface area contributed by atoms with Crippen molar-refractivity contribution in [1.29, 1.82) is 0 Å². The van der Waals surface area contributed by atoms with E-state index >= 15 is 0 Å². The van der Waals surface area contributed by atoms with Gasteiger partial charge in [-0.2, -0.15) is 0 Å². The highest BCUT2D eigenvalue weighted by molar-refractivity contribution is 7.07. The van der Waals surface area contributed by atoms with Crippen molar-refractivity contribution in [2.45, 2.75) is 25.5 Å². The van der Waals surface area contributed by atoms with Crippen LogP contribution in [0.25, 0.3) is 22.5 Å². The fraction of sp³-hybridized carbons (Fsp3) is 0.128. The zero-order valence-electron chi connectivity index (χ0n) is 25.1. The first-order valence-electron chi connectivity index (χ1n) is 15.2. The maximum Gasteiger partial charge on any atom is 0.271 e. The quantitative estimate of drug-likeness (QED) is 0.197. The molecule has 2 heterocycles. The van der Waals surface area contributed by atoms with Gasteiger partial charge in [-0.3, -0.25) is 9.36 Å². The van der Waals surface area contributed by atoms with Crippen LogP contribution in [0.3, 0.4) is 0 Å². The smallest absolute Gasteiger partial charge is 0.271 e. The number of hydrogen-bond donors (Lipinski definition) is 0. The third-order valence-electron chi connectivity index (χ3n) is 8.85. The first-order valence-corrected chi connectivity index (χ1v) is 16.1. The highest BCUT2D eigenvalue weighted by atomic mass is 32.1. The molecule has 5 aromatic carbocycles. The van der Waals surface area contributed by atoms with Crippen LogP contribution >= 0.6 is 11.3 Å². The normalized spacial score (nSPS) is 15.6. The van der Waals surface area contributed by atoms with Crippen molar-refractivity contribution in [3.8, 4) is 11.5 Å². The molecule has 0 saturated heterocycles. The Bertz CT molecular complexity index is 2370. The van der Waals surface area contributed by atoms with Crippen LogP contribution in [0.2, 0.25) is 0 Å². The Labute approximate surface area is 268 Å². The number of benzene rings is 5. The topological polar surface area (TPSA) is 52.8 Å². The van der Waals surface area contributed by atoms with Crippen molar-refractivity contribution in [2.75, 3.05) is 7.11 Å². The van der Waals surface area contributed by atoms with Gasteiger partial charge in [0.15, 0.2) is 4.80 Å². The third-order valence-corrected chi connectivity index (χ3v) is 9.84. The van der Waals surface area contributed by atoms with E-state index in [0.717, 1.165) is 57.3 Å². The van der Waals surface area contributed by atoms with E-state index in [1.807, 2.05) is 77.4 Å². The van der Waals surface area contributed by atoms with E-state index in [9.17, 15) is 9.18 Å². The van der Waals surface area contributed by atoms with Crippen molar-refractivity contribution in [3.05, 3.63) is 168 Å². The van der Waals surface area contributed by atoms with Crippen LogP contribution in [-0.2, 0) is 13.0 Å². The number of hydrogen-bond acceptors (Lipinski definition) is 5. The molecule has 46 heavy (non-hydrogen) atoms. The van der Waals surface area contributed by atoms with Crippen molar-refractivity contribution in [1.82, 2.24) is 4.57 Å². The van der Waals surface area contributed by atoms with E-state index in [2.05, 4.69) is 18.2 Å². The summed E-state index contributed by atoms with van der Waals surface area (Å²) in [5, 5.41) is 1.95. The molecule has 1 atom stereocenters. The summed E-state index contributed by atoms with van der Waals surface area (Å²) in [4.78, 5) is 20.3. The van der Waals surface area contributed by atoms with Gasteiger partial charge in [0.2, 0.25) is 0 Å². The molecule has 0 N–H and O–H groups in total. The fourth-order valence-corrected chi connectivity index (χ4v) is 7.63. The van der Waals surface area contributed by atoms with E-state index in [1.165, 1.54) is 23.0 Å². The van der Waals surface area contributed by atoms with Gasteiger partial charge in [-0.25, -0.2) is 9.38 Å². The Hall–Kier alpha value is -5.27. The van der Waals surface area contributed by atoms with Gasteiger partial charge in [0, 0.05) is 22.3 Å². The SMILES string of the molecule is COc1ccccc1[C@H]1C2=C(N=c3s/c(=C/c4c(OCc5ccccc5F)ccc5ccccc45)c(=O)n31)c1ccccc1CC2. The molecule has 2 aliphatic rings. The number of aryl methyl sites for hydroxylation is 1. The van der Waals surface area contributed by atoms with Crippen LogP contribution in [0, 0.1) is 5.82 Å². The number of methoxy groups -OCH3 is 1. The predicted octanol–water partition coefficient (Wildman–Crippen LogP) is 7.20. The van der Waals surface area contributed by atoms with Crippen LogP contribution in [0.4, 0.5) is 4.39 Å². The molecule has 6 aromatic rings. The van der Waals surface area contributed by atoms with E-state index in [0.29, 0.717) is 20.6 Å². The average molecular weight is 625 g/mol. The first kappa shape index (κ1) is 28.2. The number of halogens is 1. The van der Waals surface area contributed by atoms with E-state index in [-0.39, 0.29) is 24.0 Å². The second kappa shape index (κ2) is 11.6. The number of allylic oxidation sites excluding steroid dienone is 1. The second-order valence-electron chi connectivity index (χ2n) is 11.4. The summed E-state index contributed by atoms with van der Waals surface area (Å²) in [6, 6.07) is 34.4. The van der Waals surface area contributed by atoms with Crippen molar-refractivity contribution < 1.29 is 13.9 Å². The van der Waals surface area contributed by atoms with Crippen LogP contribution in [-0.4, -0.2) is 11.7 Å². The van der Waals surface area contributed by atoms with Gasteiger partial charge in [0.1, 0.15) is 23.9 Å². The predicted molar refractivity (Wildman–Crippen MR) is 180 cm³/mol. The molecule has 1 aliphatic carbocycles. The fourth-order valence-electron chi connectivity index (χ4n) is 6.64. The summed E-state index contributed by atoms with van der Waals surface area (Å²) in [5.74, 6) is 0.981. The zero-order chi connectivity index (χ0) is 31.2. The van der Waals surface area contributed by atoms with Gasteiger partial charge in [0.25, 0.3) is 5.56 Å². The molecule has 1 aliphatic heterocycles. The number of fused-ring (bicyclic) bond motifs is 4. The molecular formula is C39H29FN2O3S. The van der Waals surface area contributed by atoms with E-state index in [4.69, 9.17) is 14.5 Å². The molecule has 0 saturated carbocycles. The van der Waals surface area contributed by atoms with Crippen molar-refractivity contribution >= 4 is 33.9 Å². The lowest BCUT2D eigenvalue weighted by molar-refractivity contribution is 0.299. The molecule has 5 nitrogen and oxygen atoms in total. The summed E-state index contributed by atoms with van der Waals surface area (Å²) >= 11 is 1.37. The molecule has 0 bridgehead atoms. The van der Waals surface area contributed by atoms with Gasteiger partial charge >= 0.3 is 0 Å². The van der Waals surface area contributed by atoms with Gasteiger partial charge < -0.3 is 9.47 Å². The van der Waals surface area contributed by atoms with Crippen molar-refractivity contribution in [3.63, 3.8) is 0 Å². The van der Waals surface area contributed by atoms with Crippen LogP contribution in [0.15, 0.2) is 125 Å². The monoisotopic (exact) mass is 624 g/mol. The van der Waals surface area contributed by atoms with Crippen LogP contribution < -0.4 is 24.4 Å². The highest BCUT2D eigenvalue weighted by Crippen LogP contribution is 2.43. The summed E-state index contributed by atoms with van der Waals surface area (Å²) in [5.41, 5.74) is 6.45. The Kier molecular flexibility index (Phi) is 7.11.